The van der Waals surface area contributed by atoms with E-state index in [1.54, 1.807) is 6.07 Å². The van der Waals surface area contributed by atoms with Crippen LogP contribution in [-0.4, -0.2) is 58.1 Å². The second-order valence-corrected chi connectivity index (χ2v) is 13.8. The third-order valence-electron chi connectivity index (χ3n) is 10.8. The van der Waals surface area contributed by atoms with Crippen molar-refractivity contribution in [3.05, 3.63) is 81.9 Å². The summed E-state index contributed by atoms with van der Waals surface area (Å²) in [6.07, 6.45) is 2.31. The number of primary amides is 1. The molecule has 4 aliphatic rings. The number of allylic oxidation sites excluding steroid dienone is 2. The van der Waals surface area contributed by atoms with Crippen molar-refractivity contribution < 1.29 is 33.0 Å². The van der Waals surface area contributed by atoms with Crippen LogP contribution in [0.1, 0.15) is 104 Å². The number of hydrogen-bond donors (Lipinski definition) is 3. The molecule has 2 fully saturated rings. The molecule has 6 rings (SSSR count). The number of halogens is 3. The molecule has 4 unspecified atom stereocenters. The van der Waals surface area contributed by atoms with E-state index in [9.17, 15) is 33.0 Å². The molecule has 4 atom stereocenters. The number of rotatable bonds is 5. The van der Waals surface area contributed by atoms with Gasteiger partial charge >= 0.3 is 6.18 Å². The SMILES string of the molecule is CC1=CCCC2(C)C(CCC2(O)CN2CCC(C(N)=O)CC2)c2ccc(cc2C(=O)c2cccc(C(F)(F)F)c2)CC(O)CC1. The maximum absolute atomic E-state index is 14.1. The zero-order valence-electron chi connectivity index (χ0n) is 26.2. The monoisotopic (exact) mass is 626 g/mol. The molecular weight excluding hydrogens is 581 g/mol. The summed E-state index contributed by atoms with van der Waals surface area (Å²) >= 11 is 0. The van der Waals surface area contributed by atoms with Crippen LogP contribution in [0, 0.1) is 11.3 Å². The summed E-state index contributed by atoms with van der Waals surface area (Å²) in [6.45, 7) is 5.89. The van der Waals surface area contributed by atoms with Crippen LogP contribution in [0.4, 0.5) is 13.2 Å². The number of nitrogens with zero attached hydrogens (tertiary/aromatic N) is 1. The number of β-amino-alcohol motifs (C(OH)–C–C–N with tert-alkyl or cyclic N) is 1. The van der Waals surface area contributed by atoms with Crippen molar-refractivity contribution in [1.29, 1.82) is 0 Å². The van der Waals surface area contributed by atoms with Crippen LogP contribution in [0.3, 0.4) is 0 Å². The number of likely N-dealkylation sites (tertiary alicyclic amines) is 1. The Hall–Kier alpha value is -3.01. The van der Waals surface area contributed by atoms with Gasteiger partial charge in [-0.1, -0.05) is 42.8 Å². The maximum Gasteiger partial charge on any atom is 0.416 e. The van der Waals surface area contributed by atoms with Gasteiger partial charge in [0, 0.05) is 29.0 Å². The first-order valence-electron chi connectivity index (χ1n) is 16.1. The first-order valence-corrected chi connectivity index (χ1v) is 16.1. The summed E-state index contributed by atoms with van der Waals surface area (Å²) in [5, 5.41) is 23.3. The van der Waals surface area contributed by atoms with Gasteiger partial charge in [-0.3, -0.25) is 9.59 Å². The van der Waals surface area contributed by atoms with Crippen molar-refractivity contribution in [2.75, 3.05) is 19.6 Å². The Morgan fingerprint density at radius 2 is 1.78 bits per heavy atom. The summed E-state index contributed by atoms with van der Waals surface area (Å²) < 4.78 is 40.8. The summed E-state index contributed by atoms with van der Waals surface area (Å²) in [4.78, 5) is 28.1. The Kier molecular flexibility index (Phi) is 9.64. The van der Waals surface area contributed by atoms with E-state index < -0.39 is 34.6 Å². The molecule has 2 bridgehead atoms. The van der Waals surface area contributed by atoms with Crippen LogP contribution < -0.4 is 5.73 Å². The number of nitrogens with two attached hydrogens (primary N) is 1. The van der Waals surface area contributed by atoms with Gasteiger partial charge in [0.25, 0.3) is 0 Å². The second-order valence-electron chi connectivity index (χ2n) is 13.8. The van der Waals surface area contributed by atoms with E-state index in [-0.39, 0.29) is 23.3 Å². The number of alkyl halides is 3. The highest BCUT2D eigenvalue weighted by Crippen LogP contribution is 2.59. The lowest BCUT2D eigenvalue weighted by atomic mass is 9.64. The van der Waals surface area contributed by atoms with Crippen LogP contribution in [0.5, 0.6) is 0 Å². The lowest BCUT2D eigenvalue weighted by Gasteiger charge is -2.47. The molecule has 3 aliphatic carbocycles. The molecule has 2 aromatic carbocycles. The van der Waals surface area contributed by atoms with Crippen molar-refractivity contribution in [1.82, 2.24) is 4.90 Å². The summed E-state index contributed by atoms with van der Waals surface area (Å²) in [6, 6.07) is 10.1. The average Bonchev–Trinajstić information content (AvgIpc) is 3.24. The zero-order chi connectivity index (χ0) is 32.6. The minimum Gasteiger partial charge on any atom is -0.393 e. The van der Waals surface area contributed by atoms with Gasteiger partial charge in [0.1, 0.15) is 0 Å². The van der Waals surface area contributed by atoms with E-state index >= 15 is 0 Å². The van der Waals surface area contributed by atoms with Gasteiger partial charge in [0.05, 0.1) is 17.3 Å². The highest BCUT2D eigenvalue weighted by molar-refractivity contribution is 6.10. The molecule has 1 saturated carbocycles. The summed E-state index contributed by atoms with van der Waals surface area (Å²) in [5.74, 6) is -1.18. The van der Waals surface area contributed by atoms with Crippen LogP contribution in [-0.2, 0) is 17.4 Å². The van der Waals surface area contributed by atoms with E-state index in [1.165, 1.54) is 17.7 Å². The summed E-state index contributed by atoms with van der Waals surface area (Å²) in [5.41, 5.74) is 5.84. The van der Waals surface area contributed by atoms with Gasteiger partial charge in [0.2, 0.25) is 5.91 Å². The molecule has 0 radical (unpaired) electrons. The fourth-order valence-corrected chi connectivity index (χ4v) is 7.93. The van der Waals surface area contributed by atoms with Gasteiger partial charge in [-0.25, -0.2) is 0 Å². The van der Waals surface area contributed by atoms with Crippen molar-refractivity contribution >= 4 is 11.7 Å². The maximum atomic E-state index is 14.1. The third-order valence-corrected chi connectivity index (χ3v) is 10.8. The highest BCUT2D eigenvalue weighted by Gasteiger charge is 2.57. The number of benzene rings is 2. The van der Waals surface area contributed by atoms with E-state index in [0.29, 0.717) is 83.0 Å². The molecule has 4 N–H and O–H groups in total. The molecule has 2 aromatic rings. The normalized spacial score (nSPS) is 28.7. The number of aliphatic hydroxyl groups is 2. The van der Waals surface area contributed by atoms with Crippen LogP contribution in [0.2, 0.25) is 0 Å². The molecule has 45 heavy (non-hydrogen) atoms. The molecular formula is C36H45F3N2O4. The molecule has 244 valence electrons. The van der Waals surface area contributed by atoms with Crippen LogP contribution in [0.15, 0.2) is 54.1 Å². The Balaban J connectivity index is 1.56. The molecule has 1 heterocycles. The van der Waals surface area contributed by atoms with Gasteiger partial charge in [-0.05, 0) is 113 Å². The fraction of sp³-hybridized carbons (Fsp3) is 0.556. The zero-order valence-corrected chi connectivity index (χ0v) is 26.2. The molecule has 0 aromatic heterocycles. The fourth-order valence-electron chi connectivity index (χ4n) is 7.93. The standard InChI is InChI=1S/C36H45F3N2O4/c1-23-5-4-15-34(2)31(12-16-35(34,45)22-41-17-13-25(14-18-41)33(40)44)29-11-9-24(19-28(42)10-8-23)20-30(29)32(43)26-6-3-7-27(21-26)36(37,38)39/h3,5-7,9,11,20-21,25,28,31,42,45H,4,8,10,12-19,22H2,1-2H3,(H2,40,44). The average molecular weight is 627 g/mol. The lowest BCUT2D eigenvalue weighted by molar-refractivity contribution is -0.137. The number of ketones is 1. The van der Waals surface area contributed by atoms with E-state index in [0.717, 1.165) is 23.3 Å². The van der Waals surface area contributed by atoms with Crippen molar-refractivity contribution in [3.8, 4) is 0 Å². The number of fused-ring (bicyclic) bond motifs is 8. The Bertz CT molecular complexity index is 1450. The van der Waals surface area contributed by atoms with Gasteiger partial charge in [-0.2, -0.15) is 13.2 Å². The van der Waals surface area contributed by atoms with Gasteiger partial charge in [-0.15, -0.1) is 0 Å². The lowest BCUT2D eigenvalue weighted by Crippen LogP contribution is -2.54. The predicted molar refractivity (Wildman–Crippen MR) is 167 cm³/mol. The van der Waals surface area contributed by atoms with E-state index in [2.05, 4.69) is 24.8 Å². The molecule has 9 heteroatoms. The molecule has 1 saturated heterocycles. The predicted octanol–water partition coefficient (Wildman–Crippen LogP) is 6.17. The Labute approximate surface area is 263 Å². The topological polar surface area (TPSA) is 104 Å². The second kappa shape index (κ2) is 13.0. The first kappa shape index (κ1) is 33.4. The van der Waals surface area contributed by atoms with E-state index in [1.807, 2.05) is 12.1 Å². The Morgan fingerprint density at radius 1 is 1.04 bits per heavy atom. The number of aliphatic hydroxyl groups excluding tert-OH is 1. The van der Waals surface area contributed by atoms with E-state index in [4.69, 9.17) is 5.73 Å². The molecule has 0 spiro atoms. The Morgan fingerprint density at radius 3 is 2.47 bits per heavy atom. The third kappa shape index (κ3) is 7.05. The largest absolute Gasteiger partial charge is 0.416 e. The van der Waals surface area contributed by atoms with Crippen LogP contribution in [0.25, 0.3) is 0 Å². The number of carbonyl (C=O) groups is 2. The van der Waals surface area contributed by atoms with Gasteiger partial charge in [0.15, 0.2) is 5.78 Å². The summed E-state index contributed by atoms with van der Waals surface area (Å²) in [7, 11) is 0. The number of amides is 1. The van der Waals surface area contributed by atoms with Crippen molar-refractivity contribution in [2.24, 2.45) is 17.1 Å². The molecule has 6 nitrogen and oxygen atoms in total. The smallest absolute Gasteiger partial charge is 0.393 e. The van der Waals surface area contributed by atoms with Crippen molar-refractivity contribution in [2.45, 2.75) is 95.4 Å². The minimum atomic E-state index is -4.59. The molecule has 1 aliphatic heterocycles. The van der Waals surface area contributed by atoms with Crippen LogP contribution >= 0.6 is 0 Å². The molecule has 1 amide bonds. The highest BCUT2D eigenvalue weighted by atomic mass is 19.4. The number of carbonyl (C=O) groups excluding carboxylic acids is 2. The minimum absolute atomic E-state index is 0.0456. The van der Waals surface area contributed by atoms with Gasteiger partial charge < -0.3 is 20.8 Å². The quantitative estimate of drug-likeness (QED) is 0.272. The first-order chi connectivity index (χ1) is 21.2. The van der Waals surface area contributed by atoms with Crippen molar-refractivity contribution in [3.63, 3.8) is 0 Å². The number of piperidine rings is 1. The number of hydrogen-bond acceptors (Lipinski definition) is 5.